The summed E-state index contributed by atoms with van der Waals surface area (Å²) in [5, 5.41) is 0. The largest absolute Gasteiger partial charge is 0.327 e. The average Bonchev–Trinajstić information content (AvgIpc) is 2.11. The predicted molar refractivity (Wildman–Crippen MR) is 48.5 cm³/mol. The Morgan fingerprint density at radius 3 is 2.55 bits per heavy atom. The van der Waals surface area contributed by atoms with Crippen molar-refractivity contribution in [3.05, 3.63) is 0 Å². The molecule has 0 aliphatic heterocycles. The normalized spacial score (nSPS) is 38.5. The minimum Gasteiger partial charge on any atom is -0.327 e. The molecule has 0 radical (unpaired) electrons. The van der Waals surface area contributed by atoms with Crippen LogP contribution in [0.4, 0.5) is 0 Å². The quantitative estimate of drug-likeness (QED) is 0.648. The molecule has 0 spiro atoms. The van der Waals surface area contributed by atoms with Gasteiger partial charge < -0.3 is 10.6 Å². The van der Waals surface area contributed by atoms with Crippen LogP contribution in [0.15, 0.2) is 0 Å². The number of nitrogens with zero attached hydrogens (tertiary/aromatic N) is 1. The fourth-order valence-electron chi connectivity index (χ4n) is 2.18. The van der Waals surface area contributed by atoms with E-state index in [0.717, 1.165) is 6.54 Å². The summed E-state index contributed by atoms with van der Waals surface area (Å²) < 4.78 is 0. The van der Waals surface area contributed by atoms with Crippen molar-refractivity contribution >= 4 is 0 Å². The van der Waals surface area contributed by atoms with E-state index in [1.807, 2.05) is 0 Å². The van der Waals surface area contributed by atoms with E-state index in [1.54, 1.807) is 0 Å². The number of hydrogen-bond acceptors (Lipinski definition) is 2. The molecule has 66 valence electrons. The number of rotatable bonds is 2. The lowest BCUT2D eigenvalue weighted by Crippen LogP contribution is -2.41. The average molecular weight is 156 g/mol. The van der Waals surface area contributed by atoms with Gasteiger partial charge in [0.25, 0.3) is 0 Å². The van der Waals surface area contributed by atoms with Gasteiger partial charge in [0.1, 0.15) is 0 Å². The van der Waals surface area contributed by atoms with Gasteiger partial charge in [-0.25, -0.2) is 0 Å². The van der Waals surface area contributed by atoms with Crippen LogP contribution in [0.25, 0.3) is 0 Å². The number of hydrogen-bond donors (Lipinski definition) is 1. The fraction of sp³-hybridized carbons (Fsp3) is 1.00. The van der Waals surface area contributed by atoms with Gasteiger partial charge in [0, 0.05) is 12.6 Å². The van der Waals surface area contributed by atoms with Crippen molar-refractivity contribution in [3.63, 3.8) is 0 Å². The molecular weight excluding hydrogens is 136 g/mol. The van der Waals surface area contributed by atoms with Gasteiger partial charge in [-0.05, 0) is 32.4 Å². The highest BCUT2D eigenvalue weighted by Crippen LogP contribution is 2.36. The maximum absolute atomic E-state index is 6.03. The van der Waals surface area contributed by atoms with Gasteiger partial charge >= 0.3 is 0 Å². The van der Waals surface area contributed by atoms with E-state index in [-0.39, 0.29) is 0 Å². The van der Waals surface area contributed by atoms with Crippen molar-refractivity contribution in [3.8, 4) is 0 Å². The Kier molecular flexibility index (Phi) is 2.55. The van der Waals surface area contributed by atoms with Crippen LogP contribution in [0.5, 0.6) is 0 Å². The second kappa shape index (κ2) is 3.11. The summed E-state index contributed by atoms with van der Waals surface area (Å²) in [6.45, 7) is 3.44. The summed E-state index contributed by atoms with van der Waals surface area (Å²) in [4.78, 5) is 2.24. The maximum atomic E-state index is 6.03. The van der Waals surface area contributed by atoms with Crippen molar-refractivity contribution in [2.24, 2.45) is 11.1 Å². The van der Waals surface area contributed by atoms with Crippen LogP contribution in [-0.4, -0.2) is 31.6 Å². The third kappa shape index (κ3) is 1.94. The summed E-state index contributed by atoms with van der Waals surface area (Å²) in [6.07, 6.45) is 3.82. The molecule has 1 aliphatic carbocycles. The second-order valence-electron chi connectivity index (χ2n) is 4.39. The van der Waals surface area contributed by atoms with Crippen molar-refractivity contribution in [1.29, 1.82) is 0 Å². The standard InChI is InChI=1S/C9H20N2/c1-9(7-11(2)3)6-4-5-8(9)10/h8H,4-7,10H2,1-3H3. The minimum absolute atomic E-state index is 0.378. The molecule has 2 N–H and O–H groups in total. The lowest BCUT2D eigenvalue weighted by Gasteiger charge is -2.31. The molecule has 0 bridgehead atoms. The van der Waals surface area contributed by atoms with E-state index in [4.69, 9.17) is 5.73 Å². The van der Waals surface area contributed by atoms with E-state index in [2.05, 4.69) is 25.9 Å². The van der Waals surface area contributed by atoms with Crippen LogP contribution in [0.2, 0.25) is 0 Å². The van der Waals surface area contributed by atoms with Gasteiger partial charge in [0.15, 0.2) is 0 Å². The molecule has 0 aromatic heterocycles. The summed E-state index contributed by atoms with van der Waals surface area (Å²) >= 11 is 0. The molecule has 0 aromatic carbocycles. The predicted octanol–water partition coefficient (Wildman–Crippen LogP) is 1.07. The Morgan fingerprint density at radius 2 is 2.18 bits per heavy atom. The molecule has 11 heavy (non-hydrogen) atoms. The third-order valence-electron chi connectivity index (χ3n) is 2.84. The molecular formula is C9H20N2. The first-order valence-corrected chi connectivity index (χ1v) is 4.45. The number of nitrogens with two attached hydrogens (primary N) is 1. The van der Waals surface area contributed by atoms with E-state index in [9.17, 15) is 0 Å². The van der Waals surface area contributed by atoms with Crippen molar-refractivity contribution in [2.75, 3.05) is 20.6 Å². The van der Waals surface area contributed by atoms with Gasteiger partial charge in [-0.2, -0.15) is 0 Å². The van der Waals surface area contributed by atoms with Crippen LogP contribution < -0.4 is 5.73 Å². The highest BCUT2D eigenvalue weighted by Gasteiger charge is 2.36. The molecule has 0 amide bonds. The van der Waals surface area contributed by atoms with Crippen molar-refractivity contribution < 1.29 is 0 Å². The second-order valence-corrected chi connectivity index (χ2v) is 4.39. The zero-order chi connectivity index (χ0) is 8.48. The Bertz CT molecular complexity index is 134. The molecule has 2 nitrogen and oxygen atoms in total. The lowest BCUT2D eigenvalue weighted by molar-refractivity contribution is 0.202. The maximum Gasteiger partial charge on any atom is 0.0105 e. The van der Waals surface area contributed by atoms with Crippen LogP contribution in [0.3, 0.4) is 0 Å². The van der Waals surface area contributed by atoms with Crippen molar-refractivity contribution in [2.45, 2.75) is 32.2 Å². The van der Waals surface area contributed by atoms with Crippen LogP contribution in [-0.2, 0) is 0 Å². The van der Waals surface area contributed by atoms with Crippen LogP contribution >= 0.6 is 0 Å². The Balaban J connectivity index is 2.51. The first-order chi connectivity index (χ1) is 5.04. The first kappa shape index (κ1) is 9.01. The highest BCUT2D eigenvalue weighted by molar-refractivity contribution is 4.92. The van der Waals surface area contributed by atoms with Crippen LogP contribution in [0, 0.1) is 5.41 Å². The monoisotopic (exact) mass is 156 g/mol. The Morgan fingerprint density at radius 1 is 1.55 bits per heavy atom. The Hall–Kier alpha value is -0.0800. The Labute approximate surface area is 69.8 Å². The molecule has 1 rings (SSSR count). The van der Waals surface area contributed by atoms with Gasteiger partial charge in [-0.3, -0.25) is 0 Å². The highest BCUT2D eigenvalue weighted by atomic mass is 15.1. The summed E-state index contributed by atoms with van der Waals surface area (Å²) in [6, 6.07) is 0.421. The smallest absolute Gasteiger partial charge is 0.0105 e. The van der Waals surface area contributed by atoms with E-state index >= 15 is 0 Å². The van der Waals surface area contributed by atoms with Crippen LogP contribution in [0.1, 0.15) is 26.2 Å². The first-order valence-electron chi connectivity index (χ1n) is 4.45. The van der Waals surface area contributed by atoms with Crippen molar-refractivity contribution in [1.82, 2.24) is 4.90 Å². The lowest BCUT2D eigenvalue weighted by atomic mass is 9.85. The molecule has 1 aliphatic rings. The third-order valence-corrected chi connectivity index (χ3v) is 2.84. The molecule has 1 saturated carbocycles. The molecule has 2 atom stereocenters. The van der Waals surface area contributed by atoms with E-state index < -0.39 is 0 Å². The molecule has 1 fully saturated rings. The summed E-state index contributed by atoms with van der Waals surface area (Å²) in [5.41, 5.74) is 6.41. The SMILES string of the molecule is CN(C)CC1(C)CCCC1N. The van der Waals surface area contributed by atoms with Gasteiger partial charge in [-0.1, -0.05) is 13.3 Å². The van der Waals surface area contributed by atoms with Gasteiger partial charge in [0.2, 0.25) is 0 Å². The van der Waals surface area contributed by atoms with Gasteiger partial charge in [0.05, 0.1) is 0 Å². The molecule has 2 heteroatoms. The molecule has 0 saturated heterocycles. The summed E-state index contributed by atoms with van der Waals surface area (Å²) in [5.74, 6) is 0. The van der Waals surface area contributed by atoms with Gasteiger partial charge in [-0.15, -0.1) is 0 Å². The van der Waals surface area contributed by atoms with E-state index in [0.29, 0.717) is 11.5 Å². The minimum atomic E-state index is 0.378. The van der Waals surface area contributed by atoms with E-state index in [1.165, 1.54) is 19.3 Å². The topological polar surface area (TPSA) is 29.3 Å². The molecule has 0 heterocycles. The molecule has 2 unspecified atom stereocenters. The zero-order valence-corrected chi connectivity index (χ0v) is 7.93. The molecule has 0 aromatic rings. The zero-order valence-electron chi connectivity index (χ0n) is 7.93. The fourth-order valence-corrected chi connectivity index (χ4v) is 2.18. The summed E-state index contributed by atoms with van der Waals surface area (Å²) in [7, 11) is 4.24.